The van der Waals surface area contributed by atoms with Crippen LogP contribution in [0.2, 0.25) is 0 Å². The molecule has 28 heavy (non-hydrogen) atoms. The summed E-state index contributed by atoms with van der Waals surface area (Å²) in [6.07, 6.45) is 7.95. The van der Waals surface area contributed by atoms with Gasteiger partial charge < -0.3 is 14.8 Å². The Kier molecular flexibility index (Phi) is 5.56. The molecule has 1 N–H and O–H groups in total. The highest BCUT2D eigenvalue weighted by molar-refractivity contribution is 5.77. The Labute approximate surface area is 167 Å². The molecule has 2 aromatic carbocycles. The summed E-state index contributed by atoms with van der Waals surface area (Å²) in [6, 6.07) is 16.1. The molecule has 1 heterocycles. The van der Waals surface area contributed by atoms with Crippen LogP contribution < -0.4 is 14.8 Å². The lowest BCUT2D eigenvalue weighted by atomic mass is 9.77. The van der Waals surface area contributed by atoms with E-state index in [1.165, 1.54) is 19.3 Å². The van der Waals surface area contributed by atoms with Gasteiger partial charge in [0.25, 0.3) is 0 Å². The summed E-state index contributed by atoms with van der Waals surface area (Å²) in [7, 11) is 1.66. The van der Waals surface area contributed by atoms with Crippen LogP contribution in [0.5, 0.6) is 11.5 Å². The first-order chi connectivity index (χ1) is 13.7. The Morgan fingerprint density at radius 2 is 1.86 bits per heavy atom. The van der Waals surface area contributed by atoms with Crippen LogP contribution in [0.15, 0.2) is 48.5 Å². The molecule has 1 spiro atoms. The number of amides is 1. The van der Waals surface area contributed by atoms with Crippen molar-refractivity contribution in [2.24, 2.45) is 0 Å². The van der Waals surface area contributed by atoms with Crippen LogP contribution in [0, 0.1) is 0 Å². The first-order valence-corrected chi connectivity index (χ1v) is 10.4. The fourth-order valence-electron chi connectivity index (χ4n) is 4.57. The molecular formula is C24H29NO3. The van der Waals surface area contributed by atoms with Gasteiger partial charge in [-0.25, -0.2) is 0 Å². The molecule has 1 aliphatic heterocycles. The van der Waals surface area contributed by atoms with Crippen LogP contribution in [-0.2, 0) is 11.2 Å². The topological polar surface area (TPSA) is 47.6 Å². The second-order valence-electron chi connectivity index (χ2n) is 8.06. The Morgan fingerprint density at radius 3 is 2.61 bits per heavy atom. The number of carbonyl (C=O) groups excluding carboxylic acids is 1. The average molecular weight is 380 g/mol. The van der Waals surface area contributed by atoms with Gasteiger partial charge in [0.05, 0.1) is 13.2 Å². The standard InChI is InChI=1S/C24H29NO3/c1-27-19-12-9-18(10-13-19)11-14-23(26)25-21-17-24(15-5-2-6-16-24)28-22-8-4-3-7-20(21)22/h3-4,7-10,12-13,21H,2,5-6,11,14-17H2,1H3,(H,25,26)/t21-/m0/s1. The molecule has 1 aliphatic carbocycles. The number of benzene rings is 2. The number of fused-ring (bicyclic) bond motifs is 1. The van der Waals surface area contributed by atoms with Gasteiger partial charge in [-0.05, 0) is 55.9 Å². The van der Waals surface area contributed by atoms with Gasteiger partial charge in [-0.3, -0.25) is 4.79 Å². The lowest BCUT2D eigenvalue weighted by Gasteiger charge is -2.44. The molecule has 148 valence electrons. The molecule has 4 heteroatoms. The predicted octanol–water partition coefficient (Wildman–Crippen LogP) is 4.97. The Bertz CT molecular complexity index is 809. The fourth-order valence-corrected chi connectivity index (χ4v) is 4.57. The Morgan fingerprint density at radius 1 is 1.11 bits per heavy atom. The largest absolute Gasteiger partial charge is 0.497 e. The number of methoxy groups -OCH3 is 1. The lowest BCUT2D eigenvalue weighted by Crippen LogP contribution is -2.46. The highest BCUT2D eigenvalue weighted by atomic mass is 16.5. The molecule has 1 saturated carbocycles. The van der Waals surface area contributed by atoms with Gasteiger partial charge in [0, 0.05) is 18.4 Å². The van der Waals surface area contributed by atoms with Crippen LogP contribution in [0.25, 0.3) is 0 Å². The van der Waals surface area contributed by atoms with Crippen LogP contribution in [0.1, 0.15) is 62.1 Å². The molecule has 0 bridgehead atoms. The quantitative estimate of drug-likeness (QED) is 0.798. The molecule has 2 aromatic rings. The van der Waals surface area contributed by atoms with Crippen molar-refractivity contribution in [2.75, 3.05) is 7.11 Å². The van der Waals surface area contributed by atoms with Crippen LogP contribution >= 0.6 is 0 Å². The minimum Gasteiger partial charge on any atom is -0.497 e. The number of carbonyl (C=O) groups is 1. The summed E-state index contributed by atoms with van der Waals surface area (Å²) in [5.74, 6) is 1.88. The van der Waals surface area contributed by atoms with Gasteiger partial charge in [-0.2, -0.15) is 0 Å². The van der Waals surface area contributed by atoms with E-state index in [-0.39, 0.29) is 17.6 Å². The number of rotatable bonds is 5. The number of aryl methyl sites for hydroxylation is 1. The van der Waals surface area contributed by atoms with Crippen LogP contribution in [0.4, 0.5) is 0 Å². The van der Waals surface area contributed by atoms with E-state index in [0.29, 0.717) is 6.42 Å². The van der Waals surface area contributed by atoms with Gasteiger partial charge in [0.2, 0.25) is 5.91 Å². The maximum Gasteiger partial charge on any atom is 0.220 e. The number of ether oxygens (including phenoxy) is 2. The summed E-state index contributed by atoms with van der Waals surface area (Å²) < 4.78 is 11.7. The summed E-state index contributed by atoms with van der Waals surface area (Å²) >= 11 is 0. The summed E-state index contributed by atoms with van der Waals surface area (Å²) in [5.41, 5.74) is 2.14. The molecule has 0 radical (unpaired) electrons. The lowest BCUT2D eigenvalue weighted by molar-refractivity contribution is -0.122. The van der Waals surface area contributed by atoms with Crippen molar-refractivity contribution >= 4 is 5.91 Å². The van der Waals surface area contributed by atoms with E-state index < -0.39 is 0 Å². The van der Waals surface area contributed by atoms with Crippen molar-refractivity contribution in [3.8, 4) is 11.5 Å². The van der Waals surface area contributed by atoms with Crippen molar-refractivity contribution < 1.29 is 14.3 Å². The first-order valence-electron chi connectivity index (χ1n) is 10.4. The van der Waals surface area contributed by atoms with Gasteiger partial charge in [-0.1, -0.05) is 36.8 Å². The van der Waals surface area contributed by atoms with Crippen molar-refractivity contribution in [1.82, 2.24) is 5.32 Å². The average Bonchev–Trinajstić information content (AvgIpc) is 2.73. The molecule has 4 rings (SSSR count). The monoisotopic (exact) mass is 379 g/mol. The van der Waals surface area contributed by atoms with Gasteiger partial charge in [-0.15, -0.1) is 0 Å². The number of para-hydroxylation sites is 1. The summed E-state index contributed by atoms with van der Waals surface area (Å²) in [5, 5.41) is 3.30. The Balaban J connectivity index is 1.42. The maximum absolute atomic E-state index is 12.7. The zero-order valence-corrected chi connectivity index (χ0v) is 16.6. The summed E-state index contributed by atoms with van der Waals surface area (Å²) in [4.78, 5) is 12.7. The van der Waals surface area contributed by atoms with Crippen molar-refractivity contribution in [2.45, 2.75) is 63.0 Å². The van der Waals surface area contributed by atoms with Crippen molar-refractivity contribution in [3.05, 3.63) is 59.7 Å². The number of nitrogens with one attached hydrogen (secondary N) is 1. The maximum atomic E-state index is 12.7. The molecule has 1 atom stereocenters. The van der Waals surface area contributed by atoms with Crippen LogP contribution in [0.3, 0.4) is 0 Å². The van der Waals surface area contributed by atoms with E-state index in [4.69, 9.17) is 9.47 Å². The van der Waals surface area contributed by atoms with Gasteiger partial charge in [0.1, 0.15) is 17.1 Å². The van der Waals surface area contributed by atoms with E-state index in [9.17, 15) is 4.79 Å². The minimum absolute atomic E-state index is 0.0337. The highest BCUT2D eigenvalue weighted by Gasteiger charge is 2.42. The first kappa shape index (κ1) is 18.9. The van der Waals surface area contributed by atoms with E-state index >= 15 is 0 Å². The second-order valence-corrected chi connectivity index (χ2v) is 8.06. The SMILES string of the molecule is COc1ccc(CCC(=O)N[C@H]2CC3(CCCCC3)Oc3ccccc32)cc1. The van der Waals surface area contributed by atoms with Crippen molar-refractivity contribution in [3.63, 3.8) is 0 Å². The molecule has 4 nitrogen and oxygen atoms in total. The highest BCUT2D eigenvalue weighted by Crippen LogP contribution is 2.46. The third-order valence-electron chi connectivity index (χ3n) is 6.10. The molecule has 1 amide bonds. The molecule has 0 aromatic heterocycles. The molecule has 0 saturated heterocycles. The van der Waals surface area contributed by atoms with E-state index in [1.807, 2.05) is 42.5 Å². The number of hydrogen-bond donors (Lipinski definition) is 1. The normalized spacial score (nSPS) is 20.1. The van der Waals surface area contributed by atoms with E-state index in [2.05, 4.69) is 11.4 Å². The van der Waals surface area contributed by atoms with E-state index in [1.54, 1.807) is 7.11 Å². The molecule has 2 aliphatic rings. The van der Waals surface area contributed by atoms with Gasteiger partial charge in [0.15, 0.2) is 0 Å². The zero-order chi connectivity index (χ0) is 19.4. The number of hydrogen-bond acceptors (Lipinski definition) is 3. The third kappa shape index (κ3) is 4.16. The minimum atomic E-state index is -0.111. The predicted molar refractivity (Wildman–Crippen MR) is 110 cm³/mol. The third-order valence-corrected chi connectivity index (χ3v) is 6.10. The Hall–Kier alpha value is -2.49. The fraction of sp³-hybridized carbons (Fsp3) is 0.458. The molecule has 1 fully saturated rings. The smallest absolute Gasteiger partial charge is 0.220 e. The summed E-state index contributed by atoms with van der Waals surface area (Å²) in [6.45, 7) is 0. The zero-order valence-electron chi connectivity index (χ0n) is 16.6. The van der Waals surface area contributed by atoms with Crippen molar-refractivity contribution in [1.29, 1.82) is 0 Å². The van der Waals surface area contributed by atoms with Crippen LogP contribution in [-0.4, -0.2) is 18.6 Å². The molecular weight excluding hydrogens is 350 g/mol. The second kappa shape index (κ2) is 8.26. The van der Waals surface area contributed by atoms with Gasteiger partial charge >= 0.3 is 0 Å². The molecule has 0 unspecified atom stereocenters. The van der Waals surface area contributed by atoms with E-state index in [0.717, 1.165) is 48.3 Å².